The average molecular weight is 337 g/mol. The predicted octanol–water partition coefficient (Wildman–Crippen LogP) is 2.99. The van der Waals surface area contributed by atoms with Gasteiger partial charge >= 0.3 is 10.1 Å². The molecule has 0 bridgehead atoms. The van der Waals surface area contributed by atoms with Crippen molar-refractivity contribution < 1.29 is 22.3 Å². The Kier molecular flexibility index (Phi) is 4.55. The molecule has 23 heavy (non-hydrogen) atoms. The zero-order valence-electron chi connectivity index (χ0n) is 12.8. The molecule has 0 saturated heterocycles. The second-order valence-electron chi connectivity index (χ2n) is 4.90. The Morgan fingerprint density at radius 2 is 1.74 bits per heavy atom. The minimum absolute atomic E-state index is 0.0517. The molecule has 0 atom stereocenters. The Hall–Kier alpha value is -2.61. The van der Waals surface area contributed by atoms with Crippen LogP contribution in [0.5, 0.6) is 11.5 Å². The monoisotopic (exact) mass is 337 g/mol. The molecule has 8 heteroatoms. The standard InChI is InChI=1S/C15H15NO6S/c1-10-4-6-13(14(8-10)21-3)22-23(19,20)15-7-5-12(16(17)18)9-11(15)2/h4-9H,1-3H3. The Balaban J connectivity index is 2.42. The van der Waals surface area contributed by atoms with Gasteiger partial charge in [-0.05, 0) is 43.2 Å². The summed E-state index contributed by atoms with van der Waals surface area (Å²) in [6.45, 7) is 3.30. The third-order valence-electron chi connectivity index (χ3n) is 3.16. The Bertz CT molecular complexity index is 860. The van der Waals surface area contributed by atoms with Crippen molar-refractivity contribution in [2.24, 2.45) is 0 Å². The number of aryl methyl sites for hydroxylation is 2. The fourth-order valence-electron chi connectivity index (χ4n) is 2.03. The summed E-state index contributed by atoms with van der Waals surface area (Å²) < 4.78 is 35.1. The number of nitro benzene ring substituents is 1. The van der Waals surface area contributed by atoms with E-state index in [-0.39, 0.29) is 27.6 Å². The molecule has 0 aromatic heterocycles. The van der Waals surface area contributed by atoms with Crippen molar-refractivity contribution in [2.45, 2.75) is 18.7 Å². The number of hydrogen-bond donors (Lipinski definition) is 0. The number of non-ortho nitro benzene ring substituents is 1. The third-order valence-corrected chi connectivity index (χ3v) is 4.55. The van der Waals surface area contributed by atoms with Crippen molar-refractivity contribution in [2.75, 3.05) is 7.11 Å². The second kappa shape index (κ2) is 6.25. The van der Waals surface area contributed by atoms with Crippen molar-refractivity contribution in [3.05, 3.63) is 57.6 Å². The van der Waals surface area contributed by atoms with E-state index in [4.69, 9.17) is 8.92 Å². The summed E-state index contributed by atoms with van der Waals surface area (Å²) in [5, 5.41) is 10.7. The maximum absolute atomic E-state index is 12.4. The Labute approximate surface area is 133 Å². The van der Waals surface area contributed by atoms with E-state index in [9.17, 15) is 18.5 Å². The Morgan fingerprint density at radius 1 is 1.04 bits per heavy atom. The summed E-state index contributed by atoms with van der Waals surface area (Å²) in [7, 11) is -2.73. The van der Waals surface area contributed by atoms with Crippen LogP contribution >= 0.6 is 0 Å². The van der Waals surface area contributed by atoms with E-state index in [0.717, 1.165) is 17.7 Å². The highest BCUT2D eigenvalue weighted by Gasteiger charge is 2.23. The smallest absolute Gasteiger partial charge is 0.339 e. The summed E-state index contributed by atoms with van der Waals surface area (Å²) >= 11 is 0. The predicted molar refractivity (Wildman–Crippen MR) is 83.4 cm³/mol. The van der Waals surface area contributed by atoms with E-state index >= 15 is 0 Å². The molecule has 0 saturated carbocycles. The topological polar surface area (TPSA) is 95.7 Å². The van der Waals surface area contributed by atoms with Crippen molar-refractivity contribution in [3.8, 4) is 11.5 Å². The number of methoxy groups -OCH3 is 1. The first-order valence-electron chi connectivity index (χ1n) is 6.59. The molecule has 0 aliphatic carbocycles. The van der Waals surface area contributed by atoms with Crippen LogP contribution in [-0.2, 0) is 10.1 Å². The first kappa shape index (κ1) is 16.8. The lowest BCUT2D eigenvalue weighted by atomic mass is 10.2. The molecule has 0 unspecified atom stereocenters. The molecule has 7 nitrogen and oxygen atoms in total. The van der Waals surface area contributed by atoms with Gasteiger partial charge in [0.2, 0.25) is 0 Å². The first-order chi connectivity index (χ1) is 10.7. The van der Waals surface area contributed by atoms with E-state index in [2.05, 4.69) is 0 Å². The maximum Gasteiger partial charge on any atom is 0.339 e. The van der Waals surface area contributed by atoms with Crippen molar-refractivity contribution in [1.29, 1.82) is 0 Å². The van der Waals surface area contributed by atoms with Crippen molar-refractivity contribution in [1.82, 2.24) is 0 Å². The van der Waals surface area contributed by atoms with Gasteiger partial charge in [-0.15, -0.1) is 0 Å². The average Bonchev–Trinajstić information content (AvgIpc) is 2.48. The van der Waals surface area contributed by atoms with Gasteiger partial charge in [-0.25, -0.2) is 0 Å². The molecular formula is C15H15NO6S. The van der Waals surface area contributed by atoms with Gasteiger partial charge in [-0.2, -0.15) is 8.42 Å². The van der Waals surface area contributed by atoms with Crippen LogP contribution in [0.15, 0.2) is 41.3 Å². The van der Waals surface area contributed by atoms with Gasteiger partial charge in [0.25, 0.3) is 5.69 Å². The fourth-order valence-corrected chi connectivity index (χ4v) is 3.19. The minimum Gasteiger partial charge on any atom is -0.493 e. The minimum atomic E-state index is -4.13. The molecule has 122 valence electrons. The molecule has 0 spiro atoms. The van der Waals surface area contributed by atoms with Gasteiger partial charge < -0.3 is 8.92 Å². The number of nitro groups is 1. The SMILES string of the molecule is COc1cc(C)ccc1OS(=O)(=O)c1ccc([N+](=O)[O-])cc1C. The molecule has 2 aromatic carbocycles. The molecule has 0 amide bonds. The largest absolute Gasteiger partial charge is 0.493 e. The molecular weight excluding hydrogens is 322 g/mol. The third kappa shape index (κ3) is 3.59. The lowest BCUT2D eigenvalue weighted by Gasteiger charge is -2.12. The molecule has 0 aliphatic rings. The zero-order valence-corrected chi connectivity index (χ0v) is 13.6. The zero-order chi connectivity index (χ0) is 17.2. The van der Waals surface area contributed by atoms with Gasteiger partial charge in [-0.3, -0.25) is 10.1 Å². The normalized spacial score (nSPS) is 11.1. The number of ether oxygens (including phenoxy) is 1. The summed E-state index contributed by atoms with van der Waals surface area (Å²) in [5.41, 5.74) is 0.928. The summed E-state index contributed by atoms with van der Waals surface area (Å²) in [4.78, 5) is 10.0. The highest BCUT2D eigenvalue weighted by atomic mass is 32.2. The van der Waals surface area contributed by atoms with Gasteiger partial charge in [0.05, 0.1) is 12.0 Å². The quantitative estimate of drug-likeness (QED) is 0.473. The van der Waals surface area contributed by atoms with Crippen LogP contribution in [0, 0.1) is 24.0 Å². The summed E-state index contributed by atoms with van der Waals surface area (Å²) in [6, 6.07) is 8.29. The van der Waals surface area contributed by atoms with E-state index in [0.29, 0.717) is 0 Å². The van der Waals surface area contributed by atoms with Crippen LogP contribution in [0.1, 0.15) is 11.1 Å². The van der Waals surface area contributed by atoms with E-state index < -0.39 is 15.0 Å². The van der Waals surface area contributed by atoms with E-state index in [1.807, 2.05) is 6.92 Å². The maximum atomic E-state index is 12.4. The van der Waals surface area contributed by atoms with Crippen LogP contribution in [0.25, 0.3) is 0 Å². The molecule has 0 aliphatic heterocycles. The van der Waals surface area contributed by atoms with Crippen LogP contribution in [0.3, 0.4) is 0 Å². The molecule has 0 fully saturated rings. The van der Waals surface area contributed by atoms with Gasteiger partial charge in [0.15, 0.2) is 11.5 Å². The van der Waals surface area contributed by atoms with Gasteiger partial charge in [-0.1, -0.05) is 6.07 Å². The molecule has 0 N–H and O–H groups in total. The number of hydrogen-bond acceptors (Lipinski definition) is 6. The molecule has 2 rings (SSSR count). The number of benzene rings is 2. The summed E-state index contributed by atoms with van der Waals surface area (Å²) in [6.07, 6.45) is 0. The second-order valence-corrected chi connectivity index (χ2v) is 6.41. The molecule has 0 radical (unpaired) electrons. The lowest BCUT2D eigenvalue weighted by Crippen LogP contribution is -2.12. The molecule has 0 heterocycles. The van der Waals surface area contributed by atoms with Crippen molar-refractivity contribution >= 4 is 15.8 Å². The van der Waals surface area contributed by atoms with E-state index in [1.54, 1.807) is 12.1 Å². The lowest BCUT2D eigenvalue weighted by molar-refractivity contribution is -0.385. The van der Waals surface area contributed by atoms with E-state index in [1.165, 1.54) is 26.2 Å². The first-order valence-corrected chi connectivity index (χ1v) is 7.99. The van der Waals surface area contributed by atoms with Crippen LogP contribution in [0.4, 0.5) is 5.69 Å². The summed E-state index contributed by atoms with van der Waals surface area (Å²) in [5.74, 6) is 0.337. The van der Waals surface area contributed by atoms with Crippen molar-refractivity contribution in [3.63, 3.8) is 0 Å². The fraction of sp³-hybridized carbons (Fsp3) is 0.200. The highest BCUT2D eigenvalue weighted by molar-refractivity contribution is 7.87. The molecule has 2 aromatic rings. The van der Waals surface area contributed by atoms with Crippen LogP contribution in [0.2, 0.25) is 0 Å². The van der Waals surface area contributed by atoms with Gasteiger partial charge in [0, 0.05) is 12.1 Å². The van der Waals surface area contributed by atoms with Crippen LogP contribution in [-0.4, -0.2) is 20.5 Å². The number of rotatable bonds is 5. The highest BCUT2D eigenvalue weighted by Crippen LogP contribution is 2.31. The van der Waals surface area contributed by atoms with Gasteiger partial charge in [0.1, 0.15) is 4.90 Å². The Morgan fingerprint density at radius 3 is 2.30 bits per heavy atom. The number of nitrogens with zero attached hydrogens (tertiary/aromatic N) is 1. The van der Waals surface area contributed by atoms with Crippen LogP contribution < -0.4 is 8.92 Å².